The molecule has 0 aliphatic carbocycles. The lowest BCUT2D eigenvalue weighted by Gasteiger charge is -2.28. The van der Waals surface area contributed by atoms with Crippen molar-refractivity contribution in [2.24, 2.45) is 5.73 Å². The zero-order valence-electron chi connectivity index (χ0n) is 17.6. The van der Waals surface area contributed by atoms with Gasteiger partial charge >= 0.3 is 11.9 Å². The van der Waals surface area contributed by atoms with Gasteiger partial charge in [0.15, 0.2) is 18.1 Å². The van der Waals surface area contributed by atoms with E-state index in [1.807, 2.05) is 6.07 Å². The molecule has 0 aromatic heterocycles. The van der Waals surface area contributed by atoms with E-state index in [9.17, 15) is 14.9 Å². The van der Waals surface area contributed by atoms with Crippen LogP contribution in [0, 0.1) is 11.3 Å². The zero-order chi connectivity index (χ0) is 23.1. The third kappa shape index (κ3) is 5.30. The van der Waals surface area contributed by atoms with E-state index in [2.05, 4.69) is 15.9 Å². The van der Waals surface area contributed by atoms with Gasteiger partial charge in [0.2, 0.25) is 5.88 Å². The third-order valence-corrected chi connectivity index (χ3v) is 5.03. The molecule has 0 amide bonds. The summed E-state index contributed by atoms with van der Waals surface area (Å²) in [4.78, 5) is 24.3. The lowest BCUT2D eigenvalue weighted by atomic mass is 9.83. The van der Waals surface area contributed by atoms with E-state index < -0.39 is 17.9 Å². The van der Waals surface area contributed by atoms with Crippen LogP contribution < -0.4 is 15.2 Å². The zero-order valence-corrected chi connectivity index (χ0v) is 19.2. The molecule has 1 aliphatic rings. The molecule has 0 bridgehead atoms. The Hall–Kier alpha value is -3.19. The molecule has 2 rings (SSSR count). The summed E-state index contributed by atoms with van der Waals surface area (Å²) in [7, 11) is 1.43. The first-order valence-electron chi connectivity index (χ1n) is 9.40. The van der Waals surface area contributed by atoms with Gasteiger partial charge in [-0.25, -0.2) is 9.59 Å². The number of carbonyl (C=O) groups is 2. The SMILES string of the molecule is CCOC(=O)COc1cc(Br)c(C2C(C#N)=C(N)OC(C)=C2C(=O)OCC)cc1OC. The number of benzene rings is 1. The van der Waals surface area contributed by atoms with E-state index in [4.69, 9.17) is 29.4 Å². The van der Waals surface area contributed by atoms with Gasteiger partial charge in [0.05, 0.1) is 31.8 Å². The highest BCUT2D eigenvalue weighted by Gasteiger charge is 2.38. The summed E-state index contributed by atoms with van der Waals surface area (Å²) in [6.45, 7) is 5.02. The van der Waals surface area contributed by atoms with Crippen molar-refractivity contribution in [1.82, 2.24) is 0 Å². The van der Waals surface area contributed by atoms with Crippen LogP contribution in [-0.4, -0.2) is 38.9 Å². The molecule has 1 heterocycles. The van der Waals surface area contributed by atoms with Gasteiger partial charge in [-0.1, -0.05) is 15.9 Å². The topological polar surface area (TPSA) is 130 Å². The van der Waals surface area contributed by atoms with Crippen LogP contribution in [0.5, 0.6) is 11.5 Å². The van der Waals surface area contributed by atoms with Gasteiger partial charge in [0, 0.05) is 4.47 Å². The lowest BCUT2D eigenvalue weighted by molar-refractivity contribution is -0.145. The van der Waals surface area contributed by atoms with Gasteiger partial charge in [-0.3, -0.25) is 0 Å². The van der Waals surface area contributed by atoms with E-state index >= 15 is 0 Å². The van der Waals surface area contributed by atoms with Gasteiger partial charge in [0.25, 0.3) is 0 Å². The molecule has 1 unspecified atom stereocenters. The van der Waals surface area contributed by atoms with Gasteiger partial charge in [-0.2, -0.15) is 5.26 Å². The summed E-state index contributed by atoms with van der Waals surface area (Å²) in [5, 5.41) is 9.71. The fourth-order valence-electron chi connectivity index (χ4n) is 3.05. The fourth-order valence-corrected chi connectivity index (χ4v) is 3.60. The van der Waals surface area contributed by atoms with Gasteiger partial charge in [0.1, 0.15) is 17.4 Å². The molecule has 1 aliphatic heterocycles. The molecule has 1 aromatic rings. The monoisotopic (exact) mass is 494 g/mol. The van der Waals surface area contributed by atoms with E-state index in [-0.39, 0.29) is 54.1 Å². The maximum Gasteiger partial charge on any atom is 0.344 e. The summed E-state index contributed by atoms with van der Waals surface area (Å²) >= 11 is 3.46. The second-order valence-electron chi connectivity index (χ2n) is 6.23. The number of carbonyl (C=O) groups excluding carboxylic acids is 2. The van der Waals surface area contributed by atoms with Crippen molar-refractivity contribution in [2.75, 3.05) is 26.9 Å². The number of nitriles is 1. The highest BCUT2D eigenvalue weighted by molar-refractivity contribution is 9.10. The van der Waals surface area contributed by atoms with Crippen molar-refractivity contribution in [1.29, 1.82) is 5.26 Å². The average molecular weight is 495 g/mol. The van der Waals surface area contributed by atoms with Crippen molar-refractivity contribution in [2.45, 2.75) is 26.7 Å². The number of halogens is 1. The summed E-state index contributed by atoms with van der Waals surface area (Å²) in [6.07, 6.45) is 0. The van der Waals surface area contributed by atoms with Gasteiger partial charge in [-0.05, 0) is 38.5 Å². The van der Waals surface area contributed by atoms with Gasteiger partial charge in [-0.15, -0.1) is 0 Å². The fraction of sp³-hybridized carbons (Fsp3) is 0.381. The Morgan fingerprint density at radius 2 is 1.90 bits per heavy atom. The third-order valence-electron chi connectivity index (χ3n) is 4.35. The van der Waals surface area contributed by atoms with Crippen LogP contribution in [0.4, 0.5) is 0 Å². The van der Waals surface area contributed by atoms with Crippen molar-refractivity contribution in [3.63, 3.8) is 0 Å². The molecule has 0 saturated carbocycles. The molecular formula is C21H23BrN2O7. The number of ether oxygens (including phenoxy) is 5. The minimum atomic E-state index is -0.861. The van der Waals surface area contributed by atoms with E-state index in [1.54, 1.807) is 32.9 Å². The number of nitrogens with two attached hydrogens (primary N) is 1. The molecule has 1 aromatic carbocycles. The van der Waals surface area contributed by atoms with Crippen LogP contribution in [0.2, 0.25) is 0 Å². The predicted octanol–water partition coefficient (Wildman–Crippen LogP) is 3.04. The first kappa shape index (κ1) is 24.1. The minimum Gasteiger partial charge on any atom is -0.493 e. The Labute approximate surface area is 188 Å². The molecule has 31 heavy (non-hydrogen) atoms. The van der Waals surface area contributed by atoms with Crippen molar-refractivity contribution in [3.8, 4) is 17.6 Å². The summed E-state index contributed by atoms with van der Waals surface area (Å²) in [6, 6.07) is 5.19. The first-order chi connectivity index (χ1) is 14.8. The number of nitrogens with zero attached hydrogens (tertiary/aromatic N) is 1. The molecular weight excluding hydrogens is 472 g/mol. The highest BCUT2D eigenvalue weighted by atomic mass is 79.9. The largest absolute Gasteiger partial charge is 0.493 e. The number of hydrogen-bond acceptors (Lipinski definition) is 9. The Balaban J connectivity index is 2.57. The van der Waals surface area contributed by atoms with Crippen molar-refractivity contribution in [3.05, 3.63) is 45.0 Å². The maximum absolute atomic E-state index is 12.7. The number of methoxy groups -OCH3 is 1. The van der Waals surface area contributed by atoms with E-state index in [0.717, 1.165) is 0 Å². The Kier molecular flexibility index (Phi) is 8.33. The van der Waals surface area contributed by atoms with E-state index in [0.29, 0.717) is 10.0 Å². The van der Waals surface area contributed by atoms with Gasteiger partial charge < -0.3 is 29.4 Å². The highest BCUT2D eigenvalue weighted by Crippen LogP contribution is 2.45. The van der Waals surface area contributed by atoms with Crippen LogP contribution in [0.1, 0.15) is 32.3 Å². The predicted molar refractivity (Wildman–Crippen MR) is 113 cm³/mol. The Bertz CT molecular complexity index is 979. The maximum atomic E-state index is 12.7. The molecule has 2 N–H and O–H groups in total. The summed E-state index contributed by atoms with van der Waals surface area (Å²) in [5.41, 5.74) is 6.64. The average Bonchev–Trinajstić information content (AvgIpc) is 2.72. The minimum absolute atomic E-state index is 0.0524. The smallest absolute Gasteiger partial charge is 0.344 e. The number of esters is 2. The van der Waals surface area contributed by atoms with Crippen molar-refractivity contribution >= 4 is 27.9 Å². The van der Waals surface area contributed by atoms with Crippen LogP contribution in [0.15, 0.2) is 39.4 Å². The number of hydrogen-bond donors (Lipinski definition) is 1. The second-order valence-corrected chi connectivity index (χ2v) is 7.09. The molecule has 0 radical (unpaired) electrons. The standard InChI is InChI=1S/C21H23BrN2O7/c1-5-28-17(25)10-30-16-8-14(22)12(7-15(16)27-4)19-13(9-23)20(24)31-11(3)18(19)21(26)29-6-2/h7-8,19H,5-6,10,24H2,1-4H3. The normalized spacial score (nSPS) is 15.7. The van der Waals surface area contributed by atoms with Crippen molar-refractivity contribution < 1.29 is 33.3 Å². The molecule has 0 saturated heterocycles. The molecule has 166 valence electrons. The van der Waals surface area contributed by atoms with Crippen LogP contribution in [0.3, 0.4) is 0 Å². The molecule has 0 spiro atoms. The summed E-state index contributed by atoms with van der Waals surface area (Å²) in [5.74, 6) is -1.34. The van der Waals surface area contributed by atoms with Crippen LogP contribution >= 0.6 is 15.9 Å². The number of allylic oxidation sites excluding steroid dienone is 2. The quantitative estimate of drug-likeness (QED) is 0.541. The molecule has 1 atom stereocenters. The van der Waals surface area contributed by atoms with Crippen LogP contribution in [0.25, 0.3) is 0 Å². The summed E-state index contributed by atoms with van der Waals surface area (Å²) < 4.78 is 26.9. The first-order valence-corrected chi connectivity index (χ1v) is 10.2. The Morgan fingerprint density at radius 3 is 2.48 bits per heavy atom. The second kappa shape index (κ2) is 10.7. The lowest BCUT2D eigenvalue weighted by Crippen LogP contribution is -2.26. The van der Waals surface area contributed by atoms with E-state index in [1.165, 1.54) is 7.11 Å². The molecule has 0 fully saturated rings. The van der Waals surface area contributed by atoms with Crippen LogP contribution in [-0.2, 0) is 23.8 Å². The molecule has 10 heteroatoms. The molecule has 9 nitrogen and oxygen atoms in total. The number of rotatable bonds is 8. The Morgan fingerprint density at radius 1 is 1.23 bits per heavy atom.